The van der Waals surface area contributed by atoms with E-state index in [-0.39, 0.29) is 6.04 Å². The van der Waals surface area contributed by atoms with Gasteiger partial charge in [0.2, 0.25) is 0 Å². The topological polar surface area (TPSA) is 63.8 Å². The van der Waals surface area contributed by atoms with Gasteiger partial charge in [-0.05, 0) is 12.8 Å². The van der Waals surface area contributed by atoms with Gasteiger partial charge in [0.05, 0.1) is 0 Å². The third kappa shape index (κ3) is 3.26. The summed E-state index contributed by atoms with van der Waals surface area (Å²) in [5, 5.41) is 0. The fourth-order valence-electron chi connectivity index (χ4n) is 1.12. The van der Waals surface area contributed by atoms with Gasteiger partial charge in [0.1, 0.15) is 6.33 Å². The number of alkyl halides is 1. The maximum absolute atomic E-state index is 5.59. The van der Waals surface area contributed by atoms with Gasteiger partial charge >= 0.3 is 0 Å². The molecule has 1 aromatic rings. The van der Waals surface area contributed by atoms with E-state index >= 15 is 0 Å². The summed E-state index contributed by atoms with van der Waals surface area (Å²) in [7, 11) is 0. The molecular formula is C8H13ClN4. The summed E-state index contributed by atoms with van der Waals surface area (Å²) in [6, 6.07) is 0.0972. The van der Waals surface area contributed by atoms with Crippen LogP contribution in [0.2, 0.25) is 0 Å². The molecule has 3 N–H and O–H groups in total. The Morgan fingerprint density at radius 1 is 1.46 bits per heavy atom. The smallest absolute Gasteiger partial charge is 0.115 e. The molecule has 0 saturated carbocycles. The van der Waals surface area contributed by atoms with Crippen molar-refractivity contribution in [1.29, 1.82) is 0 Å². The van der Waals surface area contributed by atoms with Crippen molar-refractivity contribution in [2.75, 3.05) is 5.88 Å². The lowest BCUT2D eigenvalue weighted by molar-refractivity contribution is 0.508. The van der Waals surface area contributed by atoms with Gasteiger partial charge in [0.25, 0.3) is 0 Å². The molecule has 5 heteroatoms. The lowest BCUT2D eigenvalue weighted by Gasteiger charge is -2.13. The number of hydrogen-bond donors (Lipinski definition) is 2. The van der Waals surface area contributed by atoms with Crippen LogP contribution in [0, 0.1) is 0 Å². The molecule has 72 valence electrons. The average Bonchev–Trinajstić information content (AvgIpc) is 2.21. The minimum absolute atomic E-state index is 0.0972. The third-order valence-electron chi connectivity index (χ3n) is 1.81. The molecule has 0 saturated heterocycles. The molecule has 0 bridgehead atoms. The first-order chi connectivity index (χ1) is 6.38. The summed E-state index contributed by atoms with van der Waals surface area (Å²) in [5.74, 6) is 6.04. The maximum Gasteiger partial charge on any atom is 0.115 e. The summed E-state index contributed by atoms with van der Waals surface area (Å²) < 4.78 is 0. The molecule has 13 heavy (non-hydrogen) atoms. The van der Waals surface area contributed by atoms with Crippen molar-refractivity contribution < 1.29 is 0 Å². The number of halogens is 1. The lowest BCUT2D eigenvalue weighted by atomic mass is 10.1. The van der Waals surface area contributed by atoms with Crippen molar-refractivity contribution in [2.45, 2.75) is 18.9 Å². The maximum atomic E-state index is 5.59. The second-order valence-electron chi connectivity index (χ2n) is 2.72. The van der Waals surface area contributed by atoms with Gasteiger partial charge in [-0.1, -0.05) is 0 Å². The number of nitrogens with one attached hydrogen (secondary N) is 1. The van der Waals surface area contributed by atoms with Crippen molar-refractivity contribution in [3.05, 3.63) is 24.3 Å². The molecule has 0 spiro atoms. The van der Waals surface area contributed by atoms with Gasteiger partial charge < -0.3 is 0 Å². The molecule has 1 unspecified atom stereocenters. The average molecular weight is 201 g/mol. The van der Waals surface area contributed by atoms with E-state index in [2.05, 4.69) is 15.4 Å². The molecule has 0 fully saturated rings. The SMILES string of the molecule is NNC(CCCCl)c1cncnc1. The van der Waals surface area contributed by atoms with Crippen LogP contribution in [0.3, 0.4) is 0 Å². The van der Waals surface area contributed by atoms with Crippen molar-refractivity contribution in [3.63, 3.8) is 0 Å². The second-order valence-corrected chi connectivity index (χ2v) is 3.10. The number of aromatic nitrogens is 2. The minimum atomic E-state index is 0.0972. The molecule has 0 amide bonds. The Morgan fingerprint density at radius 2 is 2.15 bits per heavy atom. The number of nitrogens with two attached hydrogens (primary N) is 1. The normalized spacial score (nSPS) is 12.8. The molecule has 1 atom stereocenters. The first-order valence-electron chi connectivity index (χ1n) is 4.15. The quantitative estimate of drug-likeness (QED) is 0.423. The van der Waals surface area contributed by atoms with Gasteiger partial charge in [0, 0.05) is 29.9 Å². The first kappa shape index (κ1) is 10.4. The molecule has 1 rings (SSSR count). The highest BCUT2D eigenvalue weighted by atomic mass is 35.5. The number of rotatable bonds is 5. The summed E-state index contributed by atoms with van der Waals surface area (Å²) in [6.07, 6.45) is 6.83. The number of hydrogen-bond acceptors (Lipinski definition) is 4. The van der Waals surface area contributed by atoms with Crippen LogP contribution in [0.25, 0.3) is 0 Å². The predicted molar refractivity (Wildman–Crippen MR) is 52.1 cm³/mol. The Balaban J connectivity index is 2.56. The van der Waals surface area contributed by atoms with E-state index in [9.17, 15) is 0 Å². The monoisotopic (exact) mass is 200 g/mol. The number of nitrogens with zero attached hydrogens (tertiary/aromatic N) is 2. The van der Waals surface area contributed by atoms with E-state index in [0.29, 0.717) is 5.88 Å². The van der Waals surface area contributed by atoms with Crippen LogP contribution in [-0.4, -0.2) is 15.8 Å². The van der Waals surface area contributed by atoms with E-state index in [1.165, 1.54) is 6.33 Å². The third-order valence-corrected chi connectivity index (χ3v) is 2.08. The lowest BCUT2D eigenvalue weighted by Crippen LogP contribution is -2.28. The summed E-state index contributed by atoms with van der Waals surface area (Å²) >= 11 is 5.59. The minimum Gasteiger partial charge on any atom is -0.271 e. The molecule has 4 nitrogen and oxygen atoms in total. The Morgan fingerprint density at radius 3 is 2.69 bits per heavy atom. The standard InChI is InChI=1S/C8H13ClN4/c9-3-1-2-8(13-10)7-4-11-6-12-5-7/h4-6,8,13H,1-3,10H2. The van der Waals surface area contributed by atoms with E-state index < -0.39 is 0 Å². The zero-order chi connectivity index (χ0) is 9.52. The van der Waals surface area contributed by atoms with Crippen molar-refractivity contribution >= 4 is 11.6 Å². The van der Waals surface area contributed by atoms with Crippen LogP contribution in [0.4, 0.5) is 0 Å². The Hall–Kier alpha value is -0.710. The van der Waals surface area contributed by atoms with Crippen LogP contribution in [0.5, 0.6) is 0 Å². The fraction of sp³-hybridized carbons (Fsp3) is 0.500. The van der Waals surface area contributed by atoms with Crippen LogP contribution in [0.1, 0.15) is 24.4 Å². The molecule has 1 heterocycles. The Kier molecular flexibility index (Phi) is 4.67. The molecule has 0 aliphatic carbocycles. The van der Waals surface area contributed by atoms with Crippen LogP contribution in [0.15, 0.2) is 18.7 Å². The van der Waals surface area contributed by atoms with Crippen LogP contribution < -0.4 is 11.3 Å². The van der Waals surface area contributed by atoms with E-state index in [4.69, 9.17) is 17.4 Å². The predicted octanol–water partition coefficient (Wildman–Crippen LogP) is 1.00. The number of hydrazine groups is 1. The Bertz CT molecular complexity index is 229. The molecule has 0 radical (unpaired) electrons. The summed E-state index contributed by atoms with van der Waals surface area (Å²) in [6.45, 7) is 0. The molecule has 0 aliphatic rings. The van der Waals surface area contributed by atoms with Gasteiger partial charge in [0.15, 0.2) is 0 Å². The zero-order valence-electron chi connectivity index (χ0n) is 7.28. The molecule has 0 aromatic carbocycles. The zero-order valence-corrected chi connectivity index (χ0v) is 8.04. The summed E-state index contributed by atoms with van der Waals surface area (Å²) in [4.78, 5) is 7.84. The van der Waals surface area contributed by atoms with Gasteiger partial charge in [-0.15, -0.1) is 11.6 Å². The van der Waals surface area contributed by atoms with Crippen LogP contribution in [-0.2, 0) is 0 Å². The van der Waals surface area contributed by atoms with Crippen molar-refractivity contribution in [3.8, 4) is 0 Å². The highest BCUT2D eigenvalue weighted by molar-refractivity contribution is 6.17. The molecular weight excluding hydrogens is 188 g/mol. The first-order valence-corrected chi connectivity index (χ1v) is 4.69. The van der Waals surface area contributed by atoms with E-state index in [1.807, 2.05) is 0 Å². The van der Waals surface area contributed by atoms with E-state index in [0.717, 1.165) is 18.4 Å². The highest BCUT2D eigenvalue weighted by Crippen LogP contribution is 2.15. The van der Waals surface area contributed by atoms with Gasteiger partial charge in [-0.25, -0.2) is 9.97 Å². The van der Waals surface area contributed by atoms with E-state index in [1.54, 1.807) is 12.4 Å². The molecule has 0 aliphatic heterocycles. The van der Waals surface area contributed by atoms with Gasteiger partial charge in [-0.2, -0.15) is 0 Å². The van der Waals surface area contributed by atoms with Crippen molar-refractivity contribution in [1.82, 2.24) is 15.4 Å². The second kappa shape index (κ2) is 5.85. The summed E-state index contributed by atoms with van der Waals surface area (Å²) in [5.41, 5.74) is 3.71. The van der Waals surface area contributed by atoms with Crippen molar-refractivity contribution in [2.24, 2.45) is 5.84 Å². The molecule has 1 aromatic heterocycles. The Labute approximate surface area is 82.5 Å². The van der Waals surface area contributed by atoms with Gasteiger partial charge in [-0.3, -0.25) is 11.3 Å². The fourth-order valence-corrected chi connectivity index (χ4v) is 1.27. The highest BCUT2D eigenvalue weighted by Gasteiger charge is 2.08. The van der Waals surface area contributed by atoms with Crippen LogP contribution >= 0.6 is 11.6 Å². The largest absolute Gasteiger partial charge is 0.271 e.